The Kier molecular flexibility index (Phi) is 5.42. The SMILES string of the molecule is C[N+](C)(C)[C@@H](Cc1cn(C(c2ccccc2)c2ccccc2)cn1)C(=O)[O-]. The van der Waals surface area contributed by atoms with Crippen molar-refractivity contribution >= 4 is 5.97 Å². The Morgan fingerprint density at radius 3 is 1.96 bits per heavy atom. The number of nitrogens with zero attached hydrogens (tertiary/aromatic N) is 3. The smallest absolute Gasteiger partial charge is 0.134 e. The molecule has 0 saturated heterocycles. The van der Waals surface area contributed by atoms with E-state index in [1.807, 2.05) is 68.3 Å². The maximum atomic E-state index is 11.6. The van der Waals surface area contributed by atoms with Gasteiger partial charge in [0.05, 0.1) is 45.2 Å². The first-order chi connectivity index (χ1) is 12.9. The average molecular weight is 363 g/mol. The van der Waals surface area contributed by atoms with Crippen molar-refractivity contribution < 1.29 is 14.4 Å². The molecule has 0 amide bonds. The first-order valence-electron chi connectivity index (χ1n) is 9.00. The van der Waals surface area contributed by atoms with Crippen molar-refractivity contribution in [3.05, 3.63) is 90.0 Å². The Labute approximate surface area is 160 Å². The van der Waals surface area contributed by atoms with Crippen molar-refractivity contribution in [1.29, 1.82) is 0 Å². The number of carbonyl (C=O) groups excluding carboxylic acids is 1. The fourth-order valence-electron chi connectivity index (χ4n) is 3.31. The number of aromatic nitrogens is 2. The largest absolute Gasteiger partial charge is 0.544 e. The normalized spacial score (nSPS) is 12.9. The summed E-state index contributed by atoms with van der Waals surface area (Å²) in [5.74, 6) is -1.06. The summed E-state index contributed by atoms with van der Waals surface area (Å²) in [6, 6.07) is 19.8. The van der Waals surface area contributed by atoms with E-state index in [0.29, 0.717) is 6.42 Å². The molecule has 0 spiro atoms. The van der Waals surface area contributed by atoms with Crippen LogP contribution in [-0.4, -0.2) is 47.2 Å². The van der Waals surface area contributed by atoms with Gasteiger partial charge < -0.3 is 19.0 Å². The Hall–Kier alpha value is -2.92. The van der Waals surface area contributed by atoms with Gasteiger partial charge in [-0.1, -0.05) is 60.7 Å². The van der Waals surface area contributed by atoms with Crippen molar-refractivity contribution in [1.82, 2.24) is 9.55 Å². The highest BCUT2D eigenvalue weighted by Gasteiger charge is 2.27. The van der Waals surface area contributed by atoms with Crippen LogP contribution in [0.15, 0.2) is 73.2 Å². The Balaban J connectivity index is 1.95. The van der Waals surface area contributed by atoms with Crippen molar-refractivity contribution in [2.75, 3.05) is 21.1 Å². The van der Waals surface area contributed by atoms with Gasteiger partial charge in [0, 0.05) is 12.6 Å². The van der Waals surface area contributed by atoms with Crippen molar-refractivity contribution in [3.8, 4) is 0 Å². The van der Waals surface area contributed by atoms with Crippen LogP contribution in [0.5, 0.6) is 0 Å². The predicted molar refractivity (Wildman–Crippen MR) is 103 cm³/mol. The highest BCUT2D eigenvalue weighted by atomic mass is 16.4. The number of carbonyl (C=O) groups is 1. The van der Waals surface area contributed by atoms with Crippen LogP contribution >= 0.6 is 0 Å². The van der Waals surface area contributed by atoms with Gasteiger partial charge in [-0.05, 0) is 11.1 Å². The number of carboxylic acid groups (broad SMARTS) is 1. The zero-order valence-electron chi connectivity index (χ0n) is 15.9. The van der Waals surface area contributed by atoms with Gasteiger partial charge in [0.15, 0.2) is 0 Å². The van der Waals surface area contributed by atoms with E-state index in [-0.39, 0.29) is 10.5 Å². The summed E-state index contributed by atoms with van der Waals surface area (Å²) in [4.78, 5) is 16.1. The van der Waals surface area contributed by atoms with E-state index in [4.69, 9.17) is 0 Å². The van der Waals surface area contributed by atoms with Gasteiger partial charge in [-0.2, -0.15) is 0 Å². The summed E-state index contributed by atoms with van der Waals surface area (Å²) in [5, 5.41) is 11.6. The van der Waals surface area contributed by atoms with E-state index in [1.54, 1.807) is 6.33 Å². The quantitative estimate of drug-likeness (QED) is 0.603. The molecule has 0 aliphatic rings. The lowest BCUT2D eigenvalue weighted by Crippen LogP contribution is -2.55. The average Bonchev–Trinajstić information content (AvgIpc) is 3.09. The van der Waals surface area contributed by atoms with Crippen molar-refractivity contribution in [3.63, 3.8) is 0 Å². The third kappa shape index (κ3) is 4.44. The molecule has 0 aliphatic heterocycles. The van der Waals surface area contributed by atoms with E-state index >= 15 is 0 Å². The Morgan fingerprint density at radius 1 is 1.00 bits per heavy atom. The first kappa shape index (κ1) is 18.9. The van der Waals surface area contributed by atoms with Gasteiger partial charge >= 0.3 is 0 Å². The lowest BCUT2D eigenvalue weighted by Gasteiger charge is -2.34. The van der Waals surface area contributed by atoms with Crippen LogP contribution in [0.1, 0.15) is 22.9 Å². The summed E-state index contributed by atoms with van der Waals surface area (Å²) < 4.78 is 2.33. The highest BCUT2D eigenvalue weighted by Crippen LogP contribution is 2.27. The minimum Gasteiger partial charge on any atom is -0.544 e. The van der Waals surface area contributed by atoms with E-state index in [2.05, 4.69) is 29.2 Å². The van der Waals surface area contributed by atoms with E-state index < -0.39 is 12.0 Å². The second-order valence-electron chi connectivity index (χ2n) is 7.69. The van der Waals surface area contributed by atoms with Crippen LogP contribution in [0, 0.1) is 0 Å². The van der Waals surface area contributed by atoms with Crippen LogP contribution < -0.4 is 5.11 Å². The standard InChI is InChI=1S/C22H25N3O2/c1-25(2,3)20(22(26)27)14-19-15-24(16-23-19)21(17-10-6-4-7-11-17)18-12-8-5-9-13-18/h4-13,15-16,20-21H,14H2,1-3H3/t20-/m0/s1. The fraction of sp³-hybridized carbons (Fsp3) is 0.273. The van der Waals surface area contributed by atoms with Gasteiger partial charge in [0.1, 0.15) is 6.04 Å². The number of hydrogen-bond acceptors (Lipinski definition) is 3. The molecule has 2 aromatic carbocycles. The topological polar surface area (TPSA) is 58.0 Å². The van der Waals surface area contributed by atoms with Gasteiger partial charge in [-0.15, -0.1) is 0 Å². The molecule has 3 aromatic rings. The highest BCUT2D eigenvalue weighted by molar-refractivity contribution is 5.70. The van der Waals surface area contributed by atoms with Gasteiger partial charge in [0.2, 0.25) is 0 Å². The lowest BCUT2D eigenvalue weighted by atomic mass is 9.98. The third-order valence-electron chi connectivity index (χ3n) is 4.79. The van der Waals surface area contributed by atoms with E-state index in [1.165, 1.54) is 0 Å². The number of benzene rings is 2. The molecule has 0 fully saturated rings. The summed E-state index contributed by atoms with van der Waals surface area (Å²) >= 11 is 0. The molecule has 0 aliphatic carbocycles. The Morgan fingerprint density at radius 2 is 1.52 bits per heavy atom. The number of aliphatic carboxylic acids is 1. The molecular weight excluding hydrogens is 338 g/mol. The number of rotatable bonds is 7. The van der Waals surface area contributed by atoms with Crippen LogP contribution in [0.3, 0.4) is 0 Å². The number of imidazole rings is 1. The molecule has 1 heterocycles. The molecule has 27 heavy (non-hydrogen) atoms. The zero-order chi connectivity index (χ0) is 19.4. The molecule has 1 aromatic heterocycles. The van der Waals surface area contributed by atoms with Crippen LogP contribution in [0.25, 0.3) is 0 Å². The summed E-state index contributed by atoms with van der Waals surface area (Å²) in [7, 11) is 5.57. The first-order valence-corrected chi connectivity index (χ1v) is 9.00. The number of quaternary nitrogens is 1. The molecule has 0 N–H and O–H groups in total. The van der Waals surface area contributed by atoms with Gasteiger partial charge in [-0.3, -0.25) is 0 Å². The molecule has 1 atom stereocenters. The van der Waals surface area contributed by atoms with Crippen molar-refractivity contribution in [2.45, 2.75) is 18.5 Å². The van der Waals surface area contributed by atoms with Gasteiger partial charge in [0.25, 0.3) is 0 Å². The number of carboxylic acids is 1. The minimum absolute atomic E-state index is 0.0146. The molecule has 5 heteroatoms. The molecule has 0 saturated carbocycles. The number of hydrogen-bond donors (Lipinski definition) is 0. The van der Waals surface area contributed by atoms with Gasteiger partial charge in [-0.25, -0.2) is 4.98 Å². The lowest BCUT2D eigenvalue weighted by molar-refractivity contribution is -0.889. The van der Waals surface area contributed by atoms with Crippen LogP contribution in [0.4, 0.5) is 0 Å². The molecule has 3 rings (SSSR count). The molecular formula is C22H25N3O2. The second-order valence-corrected chi connectivity index (χ2v) is 7.69. The monoisotopic (exact) mass is 363 g/mol. The molecule has 140 valence electrons. The predicted octanol–water partition coefficient (Wildman–Crippen LogP) is 1.89. The number of likely N-dealkylation sites (N-methyl/N-ethyl adjacent to an activating group) is 1. The van der Waals surface area contributed by atoms with Crippen LogP contribution in [-0.2, 0) is 11.2 Å². The van der Waals surface area contributed by atoms with E-state index in [0.717, 1.165) is 16.8 Å². The maximum absolute atomic E-state index is 11.6. The second kappa shape index (κ2) is 7.76. The Bertz CT molecular complexity index is 843. The summed E-state index contributed by atoms with van der Waals surface area (Å²) in [6.45, 7) is 0. The molecule has 5 nitrogen and oxygen atoms in total. The van der Waals surface area contributed by atoms with E-state index in [9.17, 15) is 9.90 Å². The summed E-state index contributed by atoms with van der Waals surface area (Å²) in [6.07, 6.45) is 4.05. The zero-order valence-corrected chi connectivity index (χ0v) is 15.9. The molecule has 0 bridgehead atoms. The third-order valence-corrected chi connectivity index (χ3v) is 4.79. The van der Waals surface area contributed by atoms with Crippen molar-refractivity contribution in [2.24, 2.45) is 0 Å². The molecule has 0 unspecified atom stereocenters. The van der Waals surface area contributed by atoms with Crippen LogP contribution in [0.2, 0.25) is 0 Å². The molecule has 0 radical (unpaired) electrons. The maximum Gasteiger partial charge on any atom is 0.134 e. The minimum atomic E-state index is -1.06. The summed E-state index contributed by atoms with van der Waals surface area (Å²) in [5.41, 5.74) is 3.04. The fourth-order valence-corrected chi connectivity index (χ4v) is 3.31.